The Labute approximate surface area is 110 Å². The van der Waals surface area contributed by atoms with Crippen molar-refractivity contribution < 1.29 is 5.73 Å². The summed E-state index contributed by atoms with van der Waals surface area (Å²) in [5.74, 6) is 0. The van der Waals surface area contributed by atoms with E-state index in [1.54, 1.807) is 0 Å². The van der Waals surface area contributed by atoms with Crippen LogP contribution < -0.4 is 5.73 Å². The van der Waals surface area contributed by atoms with Crippen LogP contribution in [0.4, 0.5) is 0 Å². The topological polar surface area (TPSA) is 44.9 Å². The van der Waals surface area contributed by atoms with Gasteiger partial charge in [0, 0.05) is 16.8 Å². The Hall–Kier alpha value is -1.84. The summed E-state index contributed by atoms with van der Waals surface area (Å²) in [7, 11) is 0. The fraction of sp³-hybridized carbons (Fsp3) is 0.0714. The van der Waals surface area contributed by atoms with E-state index in [-0.39, 0.29) is 0 Å². The second-order valence-electron chi connectivity index (χ2n) is 4.09. The van der Waals surface area contributed by atoms with E-state index in [2.05, 4.69) is 15.1 Å². The second kappa shape index (κ2) is 4.44. The predicted molar refractivity (Wildman–Crippen MR) is 72.2 cm³/mol. The number of hydrogen-bond donors (Lipinski definition) is 1. The molecule has 3 nitrogen and oxygen atoms in total. The van der Waals surface area contributed by atoms with Gasteiger partial charge in [-0.05, 0) is 24.3 Å². The van der Waals surface area contributed by atoms with Gasteiger partial charge in [0.15, 0.2) is 0 Å². The first-order valence-electron chi connectivity index (χ1n) is 5.81. The average Bonchev–Trinajstić information content (AvgIpc) is 2.78. The van der Waals surface area contributed by atoms with E-state index in [0.717, 1.165) is 27.6 Å². The van der Waals surface area contributed by atoms with Crippen molar-refractivity contribution in [3.8, 4) is 11.3 Å². The zero-order chi connectivity index (χ0) is 12.5. The van der Waals surface area contributed by atoms with E-state index in [4.69, 9.17) is 11.6 Å². The first kappa shape index (κ1) is 11.3. The van der Waals surface area contributed by atoms with Gasteiger partial charge >= 0.3 is 0 Å². The molecule has 1 aromatic carbocycles. The molecule has 0 spiro atoms. The van der Waals surface area contributed by atoms with Gasteiger partial charge in [-0.1, -0.05) is 29.8 Å². The van der Waals surface area contributed by atoms with E-state index < -0.39 is 0 Å². The van der Waals surface area contributed by atoms with E-state index in [1.165, 1.54) is 0 Å². The summed E-state index contributed by atoms with van der Waals surface area (Å²) in [6.45, 7) is 0.698. The van der Waals surface area contributed by atoms with Gasteiger partial charge < -0.3 is 5.73 Å². The normalized spacial score (nSPS) is 11.0. The largest absolute Gasteiger partial charge is 0.353 e. The van der Waals surface area contributed by atoms with Gasteiger partial charge in [-0.3, -0.25) is 4.40 Å². The van der Waals surface area contributed by atoms with Gasteiger partial charge in [-0.2, -0.15) is 0 Å². The molecule has 90 valence electrons. The van der Waals surface area contributed by atoms with Crippen LogP contribution in [0.1, 0.15) is 5.69 Å². The zero-order valence-corrected chi connectivity index (χ0v) is 10.6. The molecule has 0 aliphatic rings. The van der Waals surface area contributed by atoms with Crippen LogP contribution in [-0.2, 0) is 6.54 Å². The van der Waals surface area contributed by atoms with E-state index in [9.17, 15) is 0 Å². The van der Waals surface area contributed by atoms with Crippen molar-refractivity contribution in [2.24, 2.45) is 0 Å². The van der Waals surface area contributed by atoms with Gasteiger partial charge in [0.25, 0.3) is 0 Å². The lowest BCUT2D eigenvalue weighted by Crippen LogP contribution is -2.48. The number of pyridine rings is 1. The number of quaternary nitrogens is 1. The molecule has 0 atom stereocenters. The number of aromatic nitrogens is 2. The Bertz CT molecular complexity index is 686. The summed E-state index contributed by atoms with van der Waals surface area (Å²) in [6.07, 6.45) is 2.02. The Morgan fingerprint density at radius 2 is 1.89 bits per heavy atom. The lowest BCUT2D eigenvalue weighted by molar-refractivity contribution is -0.387. The van der Waals surface area contributed by atoms with Crippen molar-refractivity contribution >= 4 is 17.2 Å². The van der Waals surface area contributed by atoms with Gasteiger partial charge in [-0.15, -0.1) is 0 Å². The summed E-state index contributed by atoms with van der Waals surface area (Å²) in [5, 5.41) is 0.735. The number of nitrogens with zero attached hydrogens (tertiary/aromatic N) is 2. The first-order chi connectivity index (χ1) is 8.79. The standard InChI is InChI=1S/C14H12ClN3/c15-11-6-4-10(5-7-11)14-12(9-16)18-8-2-1-3-13(18)17-14/h1-8H,9,16H2/p+1. The maximum absolute atomic E-state index is 5.91. The summed E-state index contributed by atoms with van der Waals surface area (Å²) < 4.78 is 2.08. The highest BCUT2D eigenvalue weighted by atomic mass is 35.5. The molecule has 3 aromatic rings. The first-order valence-corrected chi connectivity index (χ1v) is 6.18. The molecule has 0 amide bonds. The second-order valence-corrected chi connectivity index (χ2v) is 4.53. The van der Waals surface area contributed by atoms with Crippen LogP contribution >= 0.6 is 11.6 Å². The van der Waals surface area contributed by atoms with E-state index in [1.807, 2.05) is 48.7 Å². The third-order valence-corrected chi connectivity index (χ3v) is 3.24. The smallest absolute Gasteiger partial charge is 0.137 e. The number of rotatable bonds is 2. The monoisotopic (exact) mass is 258 g/mol. The highest BCUT2D eigenvalue weighted by Crippen LogP contribution is 2.25. The summed E-state index contributed by atoms with van der Waals surface area (Å²) in [5.41, 5.74) is 8.11. The third kappa shape index (κ3) is 1.78. The predicted octanol–water partition coefficient (Wildman–Crippen LogP) is 2.40. The zero-order valence-electron chi connectivity index (χ0n) is 9.81. The maximum atomic E-state index is 5.91. The van der Waals surface area contributed by atoms with Crippen LogP contribution in [0.2, 0.25) is 5.02 Å². The van der Waals surface area contributed by atoms with Crippen molar-refractivity contribution in [2.75, 3.05) is 0 Å². The molecule has 0 aliphatic carbocycles. The van der Waals surface area contributed by atoms with E-state index in [0.29, 0.717) is 6.54 Å². The van der Waals surface area contributed by atoms with Crippen LogP contribution in [0.3, 0.4) is 0 Å². The van der Waals surface area contributed by atoms with Crippen molar-refractivity contribution in [1.29, 1.82) is 0 Å². The molecule has 4 heteroatoms. The summed E-state index contributed by atoms with van der Waals surface area (Å²) in [4.78, 5) is 4.66. The molecule has 3 N–H and O–H groups in total. The molecule has 0 radical (unpaired) electrons. The number of benzene rings is 1. The Morgan fingerprint density at radius 1 is 1.11 bits per heavy atom. The van der Waals surface area contributed by atoms with Crippen molar-refractivity contribution in [3.05, 3.63) is 59.4 Å². The fourth-order valence-electron chi connectivity index (χ4n) is 2.12. The lowest BCUT2D eigenvalue weighted by Gasteiger charge is -2.00. The van der Waals surface area contributed by atoms with Crippen LogP contribution in [-0.4, -0.2) is 9.38 Å². The van der Waals surface area contributed by atoms with Crippen molar-refractivity contribution in [2.45, 2.75) is 6.54 Å². The molecule has 18 heavy (non-hydrogen) atoms. The minimum atomic E-state index is 0.698. The third-order valence-electron chi connectivity index (χ3n) is 2.98. The average molecular weight is 259 g/mol. The molecule has 0 bridgehead atoms. The van der Waals surface area contributed by atoms with Gasteiger partial charge in [0.1, 0.15) is 17.9 Å². The Kier molecular flexibility index (Phi) is 2.78. The molecule has 0 saturated heterocycles. The van der Waals surface area contributed by atoms with Gasteiger partial charge in [-0.25, -0.2) is 4.98 Å². The fourth-order valence-corrected chi connectivity index (χ4v) is 2.25. The van der Waals surface area contributed by atoms with Gasteiger partial charge in [0.2, 0.25) is 0 Å². The molecule has 0 saturated carbocycles. The van der Waals surface area contributed by atoms with Crippen LogP contribution in [0, 0.1) is 0 Å². The Morgan fingerprint density at radius 3 is 2.61 bits per heavy atom. The number of fused-ring (bicyclic) bond motifs is 1. The van der Waals surface area contributed by atoms with Crippen molar-refractivity contribution in [1.82, 2.24) is 9.38 Å². The molecule has 2 aromatic heterocycles. The lowest BCUT2D eigenvalue weighted by atomic mass is 10.1. The maximum Gasteiger partial charge on any atom is 0.137 e. The van der Waals surface area contributed by atoms with E-state index >= 15 is 0 Å². The SMILES string of the molecule is [NH3+]Cc1c(-c2ccc(Cl)cc2)nc2ccccn12. The summed E-state index contributed by atoms with van der Waals surface area (Å²) >= 11 is 5.91. The molecular formula is C14H13ClN3+. The highest BCUT2D eigenvalue weighted by molar-refractivity contribution is 6.30. The van der Waals surface area contributed by atoms with Crippen molar-refractivity contribution in [3.63, 3.8) is 0 Å². The summed E-state index contributed by atoms with van der Waals surface area (Å²) in [6, 6.07) is 13.7. The minimum absolute atomic E-state index is 0.698. The molecule has 0 aliphatic heterocycles. The quantitative estimate of drug-likeness (QED) is 0.754. The van der Waals surface area contributed by atoms with Gasteiger partial charge in [0.05, 0.1) is 5.69 Å². The number of halogens is 1. The Balaban J connectivity index is 2.25. The minimum Gasteiger partial charge on any atom is -0.353 e. The molecule has 2 heterocycles. The van der Waals surface area contributed by atoms with Crippen LogP contribution in [0.25, 0.3) is 16.9 Å². The molecule has 3 rings (SSSR count). The highest BCUT2D eigenvalue weighted by Gasteiger charge is 2.13. The molecule has 0 fully saturated rings. The molecule has 0 unspecified atom stereocenters. The van der Waals surface area contributed by atoms with Crippen LogP contribution in [0.15, 0.2) is 48.7 Å². The number of hydrogen-bond acceptors (Lipinski definition) is 1. The number of imidazole rings is 1. The molecular weight excluding hydrogens is 246 g/mol. The van der Waals surface area contributed by atoms with Crippen LogP contribution in [0.5, 0.6) is 0 Å².